The van der Waals surface area contributed by atoms with Crippen LogP contribution in [0, 0.1) is 5.41 Å². The van der Waals surface area contributed by atoms with Gasteiger partial charge < -0.3 is 14.8 Å². The maximum absolute atomic E-state index is 10.4. The van der Waals surface area contributed by atoms with Crippen LogP contribution in [0.4, 0.5) is 4.79 Å². The molecule has 0 unspecified atom stereocenters. The number of hydrogen-bond acceptors (Lipinski definition) is 2. The van der Waals surface area contributed by atoms with Crippen LogP contribution in [0.5, 0.6) is 0 Å². The monoisotopic (exact) mass is 159 g/mol. The molecule has 0 aliphatic carbocycles. The summed E-state index contributed by atoms with van der Waals surface area (Å²) < 4.78 is 0. The topological polar surface area (TPSA) is 57.6 Å². The van der Waals surface area contributed by atoms with Crippen molar-refractivity contribution in [2.45, 2.75) is 13.8 Å². The zero-order valence-corrected chi connectivity index (χ0v) is 7.00. The van der Waals surface area contributed by atoms with Gasteiger partial charge in [0.1, 0.15) is 6.29 Å². The fourth-order valence-electron chi connectivity index (χ4n) is 0.716. The summed E-state index contributed by atoms with van der Waals surface area (Å²) in [5.41, 5.74) is -0.590. The maximum Gasteiger partial charge on any atom is 0.407 e. The molecule has 0 atom stereocenters. The second-order valence-corrected chi connectivity index (χ2v) is 3.25. The van der Waals surface area contributed by atoms with Gasteiger partial charge in [0.2, 0.25) is 0 Å². The van der Waals surface area contributed by atoms with Crippen molar-refractivity contribution in [1.82, 2.24) is 4.90 Å². The van der Waals surface area contributed by atoms with E-state index >= 15 is 0 Å². The first-order valence-electron chi connectivity index (χ1n) is 3.29. The number of hydrogen-bond donors (Lipinski definition) is 1. The fourth-order valence-corrected chi connectivity index (χ4v) is 0.716. The molecule has 0 heterocycles. The molecule has 0 spiro atoms. The van der Waals surface area contributed by atoms with E-state index in [4.69, 9.17) is 5.11 Å². The molecule has 0 aromatic rings. The minimum Gasteiger partial charge on any atom is -0.465 e. The second kappa shape index (κ2) is 3.37. The summed E-state index contributed by atoms with van der Waals surface area (Å²) in [6.07, 6.45) is -0.258. The zero-order chi connectivity index (χ0) is 9.07. The number of carbonyl (C=O) groups excluding carboxylic acids is 1. The van der Waals surface area contributed by atoms with Crippen molar-refractivity contribution >= 4 is 12.4 Å². The van der Waals surface area contributed by atoms with Crippen LogP contribution in [0.1, 0.15) is 13.8 Å². The van der Waals surface area contributed by atoms with Crippen molar-refractivity contribution in [3.8, 4) is 0 Å². The van der Waals surface area contributed by atoms with Crippen molar-refractivity contribution in [2.75, 3.05) is 13.6 Å². The van der Waals surface area contributed by atoms with Crippen LogP contribution in [-0.2, 0) is 4.79 Å². The van der Waals surface area contributed by atoms with Crippen LogP contribution in [-0.4, -0.2) is 36.0 Å². The van der Waals surface area contributed by atoms with Crippen LogP contribution in [0.15, 0.2) is 0 Å². The Balaban J connectivity index is 4.03. The summed E-state index contributed by atoms with van der Waals surface area (Å²) in [4.78, 5) is 21.8. The van der Waals surface area contributed by atoms with Crippen LogP contribution in [0.3, 0.4) is 0 Å². The fraction of sp³-hybridized carbons (Fsp3) is 0.714. The molecule has 0 aromatic heterocycles. The van der Waals surface area contributed by atoms with Gasteiger partial charge in [-0.05, 0) is 0 Å². The lowest BCUT2D eigenvalue weighted by Gasteiger charge is -2.22. The molecule has 0 radical (unpaired) electrons. The Bertz CT molecular complexity index is 165. The number of nitrogens with zero attached hydrogens (tertiary/aromatic N) is 1. The number of aldehydes is 1. The maximum atomic E-state index is 10.4. The highest BCUT2D eigenvalue weighted by molar-refractivity contribution is 5.66. The molecule has 0 aliphatic rings. The highest BCUT2D eigenvalue weighted by Crippen LogP contribution is 2.11. The van der Waals surface area contributed by atoms with E-state index in [1.807, 2.05) is 0 Å². The van der Waals surface area contributed by atoms with Gasteiger partial charge in [0.05, 0.1) is 0 Å². The minimum absolute atomic E-state index is 0.228. The first-order chi connectivity index (χ1) is 4.89. The van der Waals surface area contributed by atoms with Crippen molar-refractivity contribution in [2.24, 2.45) is 5.41 Å². The number of rotatable bonds is 3. The van der Waals surface area contributed by atoms with Crippen molar-refractivity contribution in [1.29, 1.82) is 0 Å². The highest BCUT2D eigenvalue weighted by atomic mass is 16.4. The van der Waals surface area contributed by atoms with Crippen LogP contribution < -0.4 is 0 Å². The Morgan fingerprint density at radius 2 is 2.09 bits per heavy atom. The SMILES string of the molecule is CN(CC(C)(C)C=O)C(=O)O. The van der Waals surface area contributed by atoms with Crippen LogP contribution in [0.25, 0.3) is 0 Å². The van der Waals surface area contributed by atoms with Gasteiger partial charge in [-0.1, -0.05) is 13.8 Å². The third kappa shape index (κ3) is 3.60. The largest absolute Gasteiger partial charge is 0.465 e. The van der Waals surface area contributed by atoms with Gasteiger partial charge in [0.15, 0.2) is 0 Å². The van der Waals surface area contributed by atoms with Gasteiger partial charge in [0, 0.05) is 19.0 Å². The summed E-state index contributed by atoms with van der Waals surface area (Å²) >= 11 is 0. The van der Waals surface area contributed by atoms with Gasteiger partial charge in [-0.3, -0.25) is 0 Å². The Hall–Kier alpha value is -1.06. The molecule has 0 bridgehead atoms. The molecule has 0 saturated heterocycles. The van der Waals surface area contributed by atoms with Gasteiger partial charge in [-0.15, -0.1) is 0 Å². The van der Waals surface area contributed by atoms with Gasteiger partial charge >= 0.3 is 6.09 Å². The smallest absolute Gasteiger partial charge is 0.407 e. The zero-order valence-electron chi connectivity index (χ0n) is 7.00. The molecule has 4 nitrogen and oxygen atoms in total. The Morgan fingerprint density at radius 1 is 1.64 bits per heavy atom. The minimum atomic E-state index is -1.01. The Kier molecular flexibility index (Phi) is 3.04. The van der Waals surface area contributed by atoms with Crippen molar-refractivity contribution in [3.05, 3.63) is 0 Å². The van der Waals surface area contributed by atoms with E-state index in [2.05, 4.69) is 0 Å². The molecule has 64 valence electrons. The first-order valence-corrected chi connectivity index (χ1v) is 3.29. The Labute approximate surface area is 65.8 Å². The number of carbonyl (C=O) groups is 2. The lowest BCUT2D eigenvalue weighted by atomic mass is 9.95. The normalized spacial score (nSPS) is 10.8. The van der Waals surface area contributed by atoms with E-state index in [0.717, 1.165) is 11.2 Å². The predicted octanol–water partition coefficient (Wildman–Crippen LogP) is 0.821. The molecule has 0 rings (SSSR count). The van der Waals surface area contributed by atoms with Gasteiger partial charge in [0.25, 0.3) is 0 Å². The summed E-state index contributed by atoms with van der Waals surface area (Å²) in [5, 5.41) is 8.45. The molecule has 11 heavy (non-hydrogen) atoms. The van der Waals surface area contributed by atoms with Gasteiger partial charge in [-0.25, -0.2) is 4.79 Å². The van der Waals surface area contributed by atoms with E-state index in [0.29, 0.717) is 0 Å². The molecule has 0 fully saturated rings. The molecule has 0 aromatic carbocycles. The average molecular weight is 159 g/mol. The average Bonchev–Trinajstić information content (AvgIpc) is 1.87. The van der Waals surface area contributed by atoms with Crippen molar-refractivity contribution in [3.63, 3.8) is 0 Å². The van der Waals surface area contributed by atoms with Crippen LogP contribution >= 0.6 is 0 Å². The van der Waals surface area contributed by atoms with Crippen LogP contribution in [0.2, 0.25) is 0 Å². The van der Waals surface area contributed by atoms with E-state index in [-0.39, 0.29) is 6.54 Å². The molecule has 0 saturated carbocycles. The summed E-state index contributed by atoms with van der Waals surface area (Å²) in [6, 6.07) is 0. The molecule has 1 N–H and O–H groups in total. The summed E-state index contributed by atoms with van der Waals surface area (Å²) in [7, 11) is 1.44. The van der Waals surface area contributed by atoms with Crippen molar-refractivity contribution < 1.29 is 14.7 Å². The third-order valence-electron chi connectivity index (χ3n) is 1.29. The third-order valence-corrected chi connectivity index (χ3v) is 1.29. The quantitative estimate of drug-likeness (QED) is 0.620. The molecular weight excluding hydrogens is 146 g/mol. The predicted molar refractivity (Wildman–Crippen MR) is 40.5 cm³/mol. The van der Waals surface area contributed by atoms with Gasteiger partial charge in [-0.2, -0.15) is 0 Å². The van der Waals surface area contributed by atoms with E-state index in [9.17, 15) is 9.59 Å². The number of carboxylic acid groups (broad SMARTS) is 1. The highest BCUT2D eigenvalue weighted by Gasteiger charge is 2.21. The standard InChI is InChI=1S/C7H13NO3/c1-7(2,5-9)4-8(3)6(10)11/h5H,4H2,1-3H3,(H,10,11). The first kappa shape index (κ1) is 9.94. The summed E-state index contributed by atoms with van der Waals surface area (Å²) in [6.45, 7) is 3.62. The molecule has 4 heteroatoms. The lowest BCUT2D eigenvalue weighted by molar-refractivity contribution is -0.115. The Morgan fingerprint density at radius 3 is 2.36 bits per heavy atom. The van der Waals surface area contributed by atoms with E-state index in [1.165, 1.54) is 7.05 Å². The van der Waals surface area contributed by atoms with E-state index < -0.39 is 11.5 Å². The summed E-state index contributed by atoms with van der Waals surface area (Å²) in [5.74, 6) is 0. The number of amides is 1. The molecular formula is C7H13NO3. The second-order valence-electron chi connectivity index (χ2n) is 3.25. The van der Waals surface area contributed by atoms with E-state index in [1.54, 1.807) is 13.8 Å². The molecule has 1 amide bonds. The lowest BCUT2D eigenvalue weighted by Crippen LogP contribution is -2.35. The molecule has 0 aliphatic heterocycles.